The Bertz CT molecular complexity index is 107. The minimum atomic E-state index is 0.0537. The minimum Gasteiger partial charge on any atom is -0.396 e. The van der Waals surface area contributed by atoms with Crippen molar-refractivity contribution in [2.24, 2.45) is 0 Å². The first kappa shape index (κ1) is 13.8. The fourth-order valence-electron chi connectivity index (χ4n) is 1.10. The van der Waals surface area contributed by atoms with Gasteiger partial charge in [0.25, 0.3) is 0 Å². The molecule has 0 aliphatic heterocycles. The summed E-state index contributed by atoms with van der Waals surface area (Å²) in [4.78, 5) is 0. The predicted molar refractivity (Wildman–Crippen MR) is 53.3 cm³/mol. The highest BCUT2D eigenvalue weighted by molar-refractivity contribution is 4.64. The number of rotatable bonds is 10. The Balaban J connectivity index is 3.30. The summed E-state index contributed by atoms with van der Waals surface area (Å²) in [5, 5.41) is 20.4. The van der Waals surface area contributed by atoms with Crippen LogP contribution in [0.4, 0.5) is 0 Å². The summed E-state index contributed by atoms with van der Waals surface area (Å²) < 4.78 is 10.1. The molecule has 0 aromatic rings. The molecule has 0 spiro atoms. The summed E-state index contributed by atoms with van der Waals surface area (Å²) in [5.41, 5.74) is 0. The molecule has 14 heavy (non-hydrogen) atoms. The van der Waals surface area contributed by atoms with E-state index in [1.54, 1.807) is 7.11 Å². The molecule has 0 amide bonds. The number of nitrogens with one attached hydrogen (secondary N) is 1. The maximum Gasteiger partial charge on any atom is 0.0698 e. The highest BCUT2D eigenvalue weighted by Crippen LogP contribution is 1.91. The Morgan fingerprint density at radius 2 is 2.00 bits per heavy atom. The molecule has 0 aromatic heterocycles. The molecule has 1 unspecified atom stereocenters. The second-order valence-corrected chi connectivity index (χ2v) is 2.95. The monoisotopic (exact) mass is 207 g/mol. The maximum atomic E-state index is 8.74. The SMILES string of the molecule is COCC(CCO)NCCOCCO. The lowest BCUT2D eigenvalue weighted by atomic mass is 10.2. The van der Waals surface area contributed by atoms with E-state index in [-0.39, 0.29) is 19.3 Å². The van der Waals surface area contributed by atoms with Gasteiger partial charge in [-0.1, -0.05) is 0 Å². The standard InChI is InChI=1S/C9H21NO4/c1-13-8-9(2-4-11)10-3-6-14-7-5-12/h9-12H,2-8H2,1H3. The van der Waals surface area contributed by atoms with Crippen LogP contribution in [0.1, 0.15) is 6.42 Å². The second kappa shape index (κ2) is 10.9. The van der Waals surface area contributed by atoms with Gasteiger partial charge in [0, 0.05) is 26.3 Å². The lowest BCUT2D eigenvalue weighted by Gasteiger charge is -2.16. The molecule has 0 aromatic carbocycles. The van der Waals surface area contributed by atoms with Gasteiger partial charge < -0.3 is 25.0 Å². The third-order valence-corrected chi connectivity index (χ3v) is 1.76. The van der Waals surface area contributed by atoms with Gasteiger partial charge in [-0.15, -0.1) is 0 Å². The first-order valence-electron chi connectivity index (χ1n) is 4.87. The van der Waals surface area contributed by atoms with Crippen LogP contribution in [0.3, 0.4) is 0 Å². The van der Waals surface area contributed by atoms with E-state index in [9.17, 15) is 0 Å². The molecule has 5 nitrogen and oxygen atoms in total. The van der Waals surface area contributed by atoms with Crippen LogP contribution in [0.5, 0.6) is 0 Å². The lowest BCUT2D eigenvalue weighted by molar-refractivity contribution is 0.0873. The Morgan fingerprint density at radius 3 is 2.57 bits per heavy atom. The van der Waals surface area contributed by atoms with Gasteiger partial charge >= 0.3 is 0 Å². The maximum absolute atomic E-state index is 8.74. The zero-order valence-corrected chi connectivity index (χ0v) is 8.74. The van der Waals surface area contributed by atoms with Gasteiger partial charge in [0.05, 0.1) is 26.4 Å². The van der Waals surface area contributed by atoms with Crippen molar-refractivity contribution in [3.05, 3.63) is 0 Å². The zero-order chi connectivity index (χ0) is 10.6. The van der Waals surface area contributed by atoms with Crippen molar-refractivity contribution in [2.45, 2.75) is 12.5 Å². The third-order valence-electron chi connectivity index (χ3n) is 1.76. The fourth-order valence-corrected chi connectivity index (χ4v) is 1.10. The number of ether oxygens (including phenoxy) is 2. The first-order chi connectivity index (χ1) is 6.85. The van der Waals surface area contributed by atoms with Crippen LogP contribution in [0.2, 0.25) is 0 Å². The molecule has 86 valence electrons. The molecule has 0 radical (unpaired) electrons. The van der Waals surface area contributed by atoms with Crippen LogP contribution in [0.25, 0.3) is 0 Å². The summed E-state index contributed by atoms with van der Waals surface area (Å²) in [6.45, 7) is 2.42. The molecule has 1 atom stereocenters. The summed E-state index contributed by atoms with van der Waals surface area (Å²) >= 11 is 0. The van der Waals surface area contributed by atoms with Gasteiger partial charge in [0.15, 0.2) is 0 Å². The van der Waals surface area contributed by atoms with Gasteiger partial charge in [-0.05, 0) is 6.42 Å². The van der Waals surface area contributed by atoms with Crippen molar-refractivity contribution in [2.75, 3.05) is 46.7 Å². The summed E-state index contributed by atoms with van der Waals surface area (Å²) in [5.74, 6) is 0. The van der Waals surface area contributed by atoms with E-state index in [1.807, 2.05) is 0 Å². The molecule has 3 N–H and O–H groups in total. The number of hydrogen-bond donors (Lipinski definition) is 3. The predicted octanol–water partition coefficient (Wildman–Crippen LogP) is -1.02. The Kier molecular flexibility index (Phi) is 10.7. The average molecular weight is 207 g/mol. The number of methoxy groups -OCH3 is 1. The van der Waals surface area contributed by atoms with E-state index < -0.39 is 0 Å². The average Bonchev–Trinajstić information content (AvgIpc) is 2.18. The van der Waals surface area contributed by atoms with Gasteiger partial charge in [0.1, 0.15) is 0 Å². The van der Waals surface area contributed by atoms with Gasteiger partial charge in [0.2, 0.25) is 0 Å². The van der Waals surface area contributed by atoms with Crippen LogP contribution in [0.15, 0.2) is 0 Å². The molecule has 0 fully saturated rings. The first-order valence-corrected chi connectivity index (χ1v) is 4.87. The largest absolute Gasteiger partial charge is 0.396 e. The Hall–Kier alpha value is -0.200. The summed E-state index contributed by atoms with van der Waals surface area (Å²) in [6, 6.07) is 0.169. The van der Waals surface area contributed by atoms with E-state index in [4.69, 9.17) is 19.7 Å². The van der Waals surface area contributed by atoms with Crippen molar-refractivity contribution in [1.29, 1.82) is 0 Å². The number of aliphatic hydroxyl groups is 2. The van der Waals surface area contributed by atoms with E-state index in [0.29, 0.717) is 32.8 Å². The molecule has 0 rings (SSSR count). The molecular weight excluding hydrogens is 186 g/mol. The molecule has 0 bridgehead atoms. The van der Waals surface area contributed by atoms with Crippen molar-refractivity contribution in [1.82, 2.24) is 5.32 Å². The fraction of sp³-hybridized carbons (Fsp3) is 1.00. The minimum absolute atomic E-state index is 0.0537. The topological polar surface area (TPSA) is 71.0 Å². The molecule has 0 heterocycles. The zero-order valence-electron chi connectivity index (χ0n) is 8.74. The number of aliphatic hydroxyl groups excluding tert-OH is 2. The third kappa shape index (κ3) is 8.40. The van der Waals surface area contributed by atoms with Crippen molar-refractivity contribution < 1.29 is 19.7 Å². The van der Waals surface area contributed by atoms with Crippen molar-refractivity contribution in [3.63, 3.8) is 0 Å². The highest BCUT2D eigenvalue weighted by atomic mass is 16.5. The number of hydrogen-bond acceptors (Lipinski definition) is 5. The van der Waals surface area contributed by atoms with Crippen LogP contribution >= 0.6 is 0 Å². The summed E-state index contributed by atoms with van der Waals surface area (Å²) in [6.07, 6.45) is 0.674. The van der Waals surface area contributed by atoms with Crippen molar-refractivity contribution >= 4 is 0 Å². The van der Waals surface area contributed by atoms with Gasteiger partial charge in [-0.3, -0.25) is 0 Å². The van der Waals surface area contributed by atoms with Crippen molar-refractivity contribution in [3.8, 4) is 0 Å². The Morgan fingerprint density at radius 1 is 1.21 bits per heavy atom. The quantitative estimate of drug-likeness (QED) is 0.400. The van der Waals surface area contributed by atoms with Crippen LogP contribution < -0.4 is 5.32 Å². The van der Waals surface area contributed by atoms with Gasteiger partial charge in [-0.2, -0.15) is 0 Å². The molecule has 0 saturated heterocycles. The van der Waals surface area contributed by atoms with Crippen LogP contribution in [0, 0.1) is 0 Å². The van der Waals surface area contributed by atoms with E-state index >= 15 is 0 Å². The van der Waals surface area contributed by atoms with Gasteiger partial charge in [-0.25, -0.2) is 0 Å². The molecule has 0 aliphatic rings. The normalized spacial score (nSPS) is 13.1. The molecule has 5 heteroatoms. The summed E-state index contributed by atoms with van der Waals surface area (Å²) in [7, 11) is 1.63. The smallest absolute Gasteiger partial charge is 0.0698 e. The molecule has 0 saturated carbocycles. The highest BCUT2D eigenvalue weighted by Gasteiger charge is 2.05. The van der Waals surface area contributed by atoms with E-state index in [1.165, 1.54) is 0 Å². The van der Waals surface area contributed by atoms with Crippen LogP contribution in [-0.4, -0.2) is 62.9 Å². The molecule has 0 aliphatic carbocycles. The second-order valence-electron chi connectivity index (χ2n) is 2.95. The van der Waals surface area contributed by atoms with Crippen LogP contribution in [-0.2, 0) is 9.47 Å². The van der Waals surface area contributed by atoms with E-state index in [2.05, 4.69) is 5.32 Å². The Labute approximate surface area is 85.0 Å². The molecular formula is C9H21NO4. The van der Waals surface area contributed by atoms with E-state index in [0.717, 1.165) is 0 Å². The lowest BCUT2D eigenvalue weighted by Crippen LogP contribution is -2.36.